The van der Waals surface area contributed by atoms with Crippen LogP contribution in [0.5, 0.6) is 0 Å². The molecule has 0 N–H and O–H groups in total. The Morgan fingerprint density at radius 2 is 1.60 bits per heavy atom. The SMILES string of the molecule is Cn1c2ccccc2n2c(N=O)c(-c3cccc4ccccc34)nc12. The van der Waals surface area contributed by atoms with Crippen LogP contribution < -0.4 is 0 Å². The van der Waals surface area contributed by atoms with E-state index < -0.39 is 0 Å². The first-order chi connectivity index (χ1) is 12.3. The Balaban J connectivity index is 1.94. The predicted molar refractivity (Wildman–Crippen MR) is 100 cm³/mol. The summed E-state index contributed by atoms with van der Waals surface area (Å²) < 4.78 is 3.82. The second-order valence-corrected chi connectivity index (χ2v) is 6.09. The molecule has 5 heteroatoms. The van der Waals surface area contributed by atoms with Gasteiger partial charge in [0.1, 0.15) is 5.69 Å². The zero-order chi connectivity index (χ0) is 17.0. The van der Waals surface area contributed by atoms with E-state index in [1.54, 1.807) is 0 Å². The minimum Gasteiger partial charge on any atom is -0.313 e. The van der Waals surface area contributed by atoms with E-state index in [0.29, 0.717) is 17.3 Å². The van der Waals surface area contributed by atoms with Crippen molar-refractivity contribution in [2.24, 2.45) is 12.2 Å². The first-order valence-electron chi connectivity index (χ1n) is 8.07. The van der Waals surface area contributed by atoms with Crippen LogP contribution in [0, 0.1) is 4.91 Å². The fraction of sp³-hybridized carbons (Fsp3) is 0.0500. The van der Waals surface area contributed by atoms with E-state index in [1.807, 2.05) is 70.6 Å². The largest absolute Gasteiger partial charge is 0.313 e. The van der Waals surface area contributed by atoms with Crippen molar-refractivity contribution >= 4 is 33.4 Å². The minimum absolute atomic E-state index is 0.336. The van der Waals surface area contributed by atoms with Gasteiger partial charge in [0.25, 0.3) is 0 Å². The fourth-order valence-corrected chi connectivity index (χ4v) is 3.59. The third-order valence-electron chi connectivity index (χ3n) is 4.75. The summed E-state index contributed by atoms with van der Waals surface area (Å²) in [6, 6.07) is 22.0. The number of fused-ring (bicyclic) bond motifs is 4. The molecule has 0 saturated heterocycles. The highest BCUT2D eigenvalue weighted by molar-refractivity contribution is 5.99. The summed E-state index contributed by atoms with van der Waals surface area (Å²) in [5.74, 6) is 1.04. The Bertz CT molecular complexity index is 1270. The maximum absolute atomic E-state index is 11.7. The Morgan fingerprint density at radius 1 is 0.880 bits per heavy atom. The van der Waals surface area contributed by atoms with Gasteiger partial charge >= 0.3 is 0 Å². The molecular formula is C20H14N4O. The molecule has 0 unspecified atom stereocenters. The number of nitrogens with zero attached hydrogens (tertiary/aromatic N) is 4. The maximum atomic E-state index is 11.7. The molecule has 5 nitrogen and oxygen atoms in total. The van der Waals surface area contributed by atoms with Crippen molar-refractivity contribution in [1.29, 1.82) is 0 Å². The van der Waals surface area contributed by atoms with Crippen LogP contribution in [0.2, 0.25) is 0 Å². The Hall–Kier alpha value is -3.47. The molecule has 2 aromatic heterocycles. The lowest BCUT2D eigenvalue weighted by Gasteiger charge is -2.04. The average molecular weight is 326 g/mol. The van der Waals surface area contributed by atoms with Gasteiger partial charge in [-0.1, -0.05) is 54.6 Å². The van der Waals surface area contributed by atoms with Gasteiger partial charge in [0, 0.05) is 12.6 Å². The van der Waals surface area contributed by atoms with Crippen LogP contribution in [0.15, 0.2) is 71.9 Å². The second-order valence-electron chi connectivity index (χ2n) is 6.09. The molecule has 2 heterocycles. The van der Waals surface area contributed by atoms with Gasteiger partial charge in [-0.2, -0.15) is 0 Å². The van der Waals surface area contributed by atoms with E-state index in [0.717, 1.165) is 27.4 Å². The van der Waals surface area contributed by atoms with Gasteiger partial charge in [0.05, 0.1) is 11.0 Å². The van der Waals surface area contributed by atoms with Crippen molar-refractivity contribution in [3.63, 3.8) is 0 Å². The molecule has 25 heavy (non-hydrogen) atoms. The number of hydrogen-bond acceptors (Lipinski definition) is 3. The Labute approximate surface area is 143 Å². The third-order valence-corrected chi connectivity index (χ3v) is 4.75. The monoisotopic (exact) mass is 326 g/mol. The van der Waals surface area contributed by atoms with Crippen LogP contribution in [-0.2, 0) is 7.05 Å². The van der Waals surface area contributed by atoms with Crippen LogP contribution in [0.3, 0.4) is 0 Å². The van der Waals surface area contributed by atoms with E-state index in [-0.39, 0.29) is 0 Å². The smallest absolute Gasteiger partial charge is 0.217 e. The summed E-state index contributed by atoms with van der Waals surface area (Å²) in [6.07, 6.45) is 0. The topological polar surface area (TPSA) is 51.7 Å². The Kier molecular flexibility index (Phi) is 2.79. The summed E-state index contributed by atoms with van der Waals surface area (Å²) in [6.45, 7) is 0. The van der Waals surface area contributed by atoms with E-state index in [1.165, 1.54) is 0 Å². The molecule has 0 aliphatic carbocycles. The van der Waals surface area contributed by atoms with E-state index in [2.05, 4.69) is 17.3 Å². The van der Waals surface area contributed by atoms with Crippen molar-refractivity contribution in [2.45, 2.75) is 0 Å². The number of rotatable bonds is 2. The molecule has 0 amide bonds. The number of imidazole rings is 2. The van der Waals surface area contributed by atoms with Crippen LogP contribution in [0.25, 0.3) is 38.8 Å². The highest BCUT2D eigenvalue weighted by Crippen LogP contribution is 2.37. The first-order valence-corrected chi connectivity index (χ1v) is 8.07. The molecule has 120 valence electrons. The molecule has 0 aliphatic heterocycles. The maximum Gasteiger partial charge on any atom is 0.217 e. The zero-order valence-electron chi connectivity index (χ0n) is 13.5. The highest BCUT2D eigenvalue weighted by Gasteiger charge is 2.21. The number of benzene rings is 3. The molecule has 3 aromatic carbocycles. The molecule has 0 saturated carbocycles. The lowest BCUT2D eigenvalue weighted by Crippen LogP contribution is -1.88. The van der Waals surface area contributed by atoms with Crippen molar-refractivity contribution in [1.82, 2.24) is 14.0 Å². The normalized spacial score (nSPS) is 11.6. The van der Waals surface area contributed by atoms with Crippen molar-refractivity contribution in [3.05, 3.63) is 71.6 Å². The predicted octanol–water partition coefficient (Wildman–Crippen LogP) is 5.04. The number of para-hydroxylation sites is 2. The van der Waals surface area contributed by atoms with E-state index in [4.69, 9.17) is 4.98 Å². The van der Waals surface area contributed by atoms with Crippen molar-refractivity contribution in [3.8, 4) is 11.3 Å². The summed E-state index contributed by atoms with van der Waals surface area (Å²) in [4.78, 5) is 16.5. The van der Waals surface area contributed by atoms with Gasteiger partial charge in [-0.15, -0.1) is 4.91 Å². The lowest BCUT2D eigenvalue weighted by atomic mass is 10.0. The summed E-state index contributed by atoms with van der Waals surface area (Å²) >= 11 is 0. The molecule has 5 aromatic rings. The van der Waals surface area contributed by atoms with Crippen molar-refractivity contribution < 1.29 is 0 Å². The van der Waals surface area contributed by atoms with Crippen LogP contribution in [0.4, 0.5) is 5.82 Å². The van der Waals surface area contributed by atoms with E-state index in [9.17, 15) is 4.91 Å². The third kappa shape index (κ3) is 1.80. The molecule has 0 radical (unpaired) electrons. The van der Waals surface area contributed by atoms with Gasteiger partial charge in [-0.3, -0.25) is 4.40 Å². The first kappa shape index (κ1) is 13.9. The molecule has 0 aliphatic rings. The molecule has 0 fully saturated rings. The van der Waals surface area contributed by atoms with Gasteiger partial charge in [0.15, 0.2) is 0 Å². The molecular weight excluding hydrogens is 312 g/mol. The van der Waals surface area contributed by atoms with Gasteiger partial charge in [-0.25, -0.2) is 4.98 Å². The highest BCUT2D eigenvalue weighted by atomic mass is 16.3. The van der Waals surface area contributed by atoms with Gasteiger partial charge in [0.2, 0.25) is 11.6 Å². The molecule has 5 rings (SSSR count). The minimum atomic E-state index is 0.336. The van der Waals surface area contributed by atoms with E-state index >= 15 is 0 Å². The number of aryl methyl sites for hydroxylation is 1. The molecule has 0 spiro atoms. The fourth-order valence-electron chi connectivity index (χ4n) is 3.59. The molecule has 0 bridgehead atoms. The Morgan fingerprint density at radius 3 is 2.44 bits per heavy atom. The number of aromatic nitrogens is 3. The lowest BCUT2D eigenvalue weighted by molar-refractivity contribution is 0.970. The van der Waals surface area contributed by atoms with Crippen molar-refractivity contribution in [2.75, 3.05) is 0 Å². The van der Waals surface area contributed by atoms with Crippen LogP contribution in [0.1, 0.15) is 0 Å². The quantitative estimate of drug-likeness (QED) is 0.427. The summed E-state index contributed by atoms with van der Waals surface area (Å²) in [5, 5.41) is 5.51. The van der Waals surface area contributed by atoms with Gasteiger partial charge < -0.3 is 4.57 Å². The summed E-state index contributed by atoms with van der Waals surface area (Å²) in [7, 11) is 1.95. The number of hydrogen-bond donors (Lipinski definition) is 0. The number of nitroso groups, excluding NO2 is 1. The summed E-state index contributed by atoms with van der Waals surface area (Å²) in [5.41, 5.74) is 3.47. The second kappa shape index (κ2) is 5.01. The molecule has 0 atom stereocenters. The average Bonchev–Trinajstić information content (AvgIpc) is 3.17. The van der Waals surface area contributed by atoms with Crippen LogP contribution in [-0.4, -0.2) is 14.0 Å². The standard InChI is InChI=1S/C20H14N4O/c1-23-16-11-4-5-12-17(16)24-19(22-25)18(21-20(23)24)15-10-6-8-13-7-2-3-9-14(13)15/h2-12H,1H3. The van der Waals surface area contributed by atoms with Gasteiger partial charge in [-0.05, 0) is 28.1 Å². The van der Waals surface area contributed by atoms with Crippen LogP contribution >= 0.6 is 0 Å². The zero-order valence-corrected chi connectivity index (χ0v) is 13.5.